The number of alkyl halides is 2. The van der Waals surface area contributed by atoms with Crippen molar-refractivity contribution in [1.82, 2.24) is 4.90 Å². The van der Waals surface area contributed by atoms with Crippen LogP contribution in [0.4, 0.5) is 8.78 Å². The van der Waals surface area contributed by atoms with Gasteiger partial charge in [-0.3, -0.25) is 0 Å². The number of aliphatic hydroxyl groups excluding tert-OH is 2. The molecule has 1 aliphatic heterocycles. The van der Waals surface area contributed by atoms with Crippen LogP contribution in [0, 0.1) is 23.2 Å². The van der Waals surface area contributed by atoms with Gasteiger partial charge in [-0.15, -0.1) is 0 Å². The van der Waals surface area contributed by atoms with Crippen molar-refractivity contribution in [3.63, 3.8) is 0 Å². The Hall–Kier alpha value is -0.820. The molecule has 4 aliphatic rings. The van der Waals surface area contributed by atoms with E-state index in [1.807, 2.05) is 0 Å². The van der Waals surface area contributed by atoms with Crippen LogP contribution in [-0.2, 0) is 4.74 Å². The van der Waals surface area contributed by atoms with Crippen molar-refractivity contribution in [3.8, 4) is 0 Å². The molecule has 0 bridgehead atoms. The number of fused-ring (bicyclic) bond motifs is 1. The third-order valence-electron chi connectivity index (χ3n) is 9.22. The third kappa shape index (κ3) is 6.06. The summed E-state index contributed by atoms with van der Waals surface area (Å²) < 4.78 is 29.7. The minimum absolute atomic E-state index is 0.319. The van der Waals surface area contributed by atoms with Crippen LogP contribution in [0.2, 0.25) is 0 Å². The van der Waals surface area contributed by atoms with Gasteiger partial charge in [0, 0.05) is 13.1 Å². The fourth-order valence-electron chi connectivity index (χ4n) is 7.59. The van der Waals surface area contributed by atoms with Gasteiger partial charge >= 0.3 is 6.61 Å². The summed E-state index contributed by atoms with van der Waals surface area (Å²) in [5, 5.41) is 20.0. The first-order valence-corrected chi connectivity index (χ1v) is 13.1. The summed E-state index contributed by atoms with van der Waals surface area (Å²) in [6.07, 6.45) is 13.2. The van der Waals surface area contributed by atoms with E-state index in [2.05, 4.69) is 30.9 Å². The Bertz CT molecular complexity index is 714. The molecule has 3 saturated carbocycles. The maximum atomic E-state index is 12.5. The third-order valence-corrected chi connectivity index (χ3v) is 9.22. The maximum Gasteiger partial charge on any atom is 0.345 e. The largest absolute Gasteiger partial charge is 0.393 e. The standard InChI is InChI=1S/C27H43F2NO3/c1-18(9-12-30-13-10-23(17-30)33-26(28)29)24-7-8-25-20(4-3-11-27(24,25)2)6-5-19-14-21(31)16-22(32)15-19/h5-6,18,21-26,31-32H,3-4,7-17H2,1-2H3/b20-6+/t18?,21-,22-,23+,24-,25+,27-/m1/s1. The molecule has 33 heavy (non-hydrogen) atoms. The van der Waals surface area contributed by atoms with Crippen molar-refractivity contribution >= 4 is 0 Å². The smallest absolute Gasteiger partial charge is 0.345 e. The zero-order chi connectivity index (χ0) is 23.6. The number of likely N-dealkylation sites (tertiary alicyclic amines) is 1. The summed E-state index contributed by atoms with van der Waals surface area (Å²) in [7, 11) is 0. The molecule has 0 radical (unpaired) electrons. The van der Waals surface area contributed by atoms with Gasteiger partial charge in [0.25, 0.3) is 0 Å². The zero-order valence-corrected chi connectivity index (χ0v) is 20.4. The Morgan fingerprint density at radius 1 is 1.15 bits per heavy atom. The molecule has 0 aromatic rings. The van der Waals surface area contributed by atoms with Crippen LogP contribution >= 0.6 is 0 Å². The summed E-state index contributed by atoms with van der Waals surface area (Å²) in [6, 6.07) is 0. The van der Waals surface area contributed by atoms with Crippen molar-refractivity contribution < 1.29 is 23.7 Å². The van der Waals surface area contributed by atoms with E-state index in [1.165, 1.54) is 31.3 Å². The number of allylic oxidation sites excluding steroid dienone is 3. The average molecular weight is 468 g/mol. The van der Waals surface area contributed by atoms with Crippen LogP contribution < -0.4 is 0 Å². The summed E-state index contributed by atoms with van der Waals surface area (Å²) in [5.41, 5.74) is 3.07. The predicted octanol–water partition coefficient (Wildman–Crippen LogP) is 5.30. The highest BCUT2D eigenvalue weighted by molar-refractivity contribution is 5.26. The number of rotatable bonds is 7. The molecule has 0 spiro atoms. The number of hydrogen-bond donors (Lipinski definition) is 2. The Morgan fingerprint density at radius 2 is 1.91 bits per heavy atom. The lowest BCUT2D eigenvalue weighted by Crippen LogP contribution is -2.37. The highest BCUT2D eigenvalue weighted by atomic mass is 19.3. The van der Waals surface area contributed by atoms with E-state index in [4.69, 9.17) is 4.74 Å². The number of nitrogens with zero attached hydrogens (tertiary/aromatic N) is 1. The minimum Gasteiger partial charge on any atom is -0.393 e. The Labute approximate surface area is 198 Å². The molecule has 0 aromatic heterocycles. The molecule has 4 nitrogen and oxygen atoms in total. The van der Waals surface area contributed by atoms with Gasteiger partial charge in [0.2, 0.25) is 0 Å². The summed E-state index contributed by atoms with van der Waals surface area (Å²) in [5.74, 6) is 1.95. The first-order chi connectivity index (χ1) is 15.7. The van der Waals surface area contributed by atoms with Crippen LogP contribution in [0.5, 0.6) is 0 Å². The molecule has 1 heterocycles. The van der Waals surface area contributed by atoms with Gasteiger partial charge < -0.3 is 19.8 Å². The molecule has 7 atom stereocenters. The molecule has 1 saturated heterocycles. The van der Waals surface area contributed by atoms with Crippen molar-refractivity contribution in [2.45, 2.75) is 103 Å². The van der Waals surface area contributed by atoms with E-state index in [0.29, 0.717) is 55.4 Å². The van der Waals surface area contributed by atoms with Crippen molar-refractivity contribution in [2.75, 3.05) is 19.6 Å². The van der Waals surface area contributed by atoms with Crippen LogP contribution in [0.3, 0.4) is 0 Å². The van der Waals surface area contributed by atoms with Gasteiger partial charge in [-0.1, -0.05) is 37.1 Å². The van der Waals surface area contributed by atoms with Gasteiger partial charge in [-0.2, -0.15) is 8.78 Å². The number of halogens is 2. The fraction of sp³-hybridized carbons (Fsp3) is 0.852. The van der Waals surface area contributed by atoms with Crippen LogP contribution in [-0.4, -0.2) is 59.7 Å². The van der Waals surface area contributed by atoms with Crippen LogP contribution in [0.1, 0.15) is 78.1 Å². The number of ether oxygens (including phenoxy) is 1. The predicted molar refractivity (Wildman–Crippen MR) is 126 cm³/mol. The van der Waals surface area contributed by atoms with Gasteiger partial charge in [-0.05, 0) is 93.9 Å². The molecular formula is C27H43F2NO3. The van der Waals surface area contributed by atoms with E-state index < -0.39 is 18.8 Å². The van der Waals surface area contributed by atoms with Crippen molar-refractivity contribution in [2.24, 2.45) is 23.2 Å². The SMILES string of the molecule is CC(CCN1CC[C@H](OC(F)F)C1)[C@H]1CC[C@H]2/C(=C/C=C3C[C@@H](O)C[C@H](O)C3)CCC[C@]12C. The average Bonchev–Trinajstić information content (AvgIpc) is 3.33. The van der Waals surface area contributed by atoms with Crippen LogP contribution in [0.25, 0.3) is 0 Å². The van der Waals surface area contributed by atoms with Crippen molar-refractivity contribution in [3.05, 3.63) is 23.3 Å². The van der Waals surface area contributed by atoms with Gasteiger partial charge in [0.1, 0.15) is 0 Å². The minimum atomic E-state index is -2.67. The van der Waals surface area contributed by atoms with Crippen molar-refractivity contribution in [1.29, 1.82) is 0 Å². The second kappa shape index (κ2) is 10.8. The molecule has 1 unspecified atom stereocenters. The lowest BCUT2D eigenvalue weighted by Gasteiger charge is -2.44. The second-order valence-electron chi connectivity index (χ2n) is 11.5. The van der Waals surface area contributed by atoms with E-state index in [0.717, 1.165) is 25.9 Å². The van der Waals surface area contributed by atoms with Gasteiger partial charge in [-0.25, -0.2) is 0 Å². The first-order valence-electron chi connectivity index (χ1n) is 13.1. The first kappa shape index (κ1) is 25.3. The maximum absolute atomic E-state index is 12.5. The van der Waals surface area contributed by atoms with Gasteiger partial charge in [0.15, 0.2) is 0 Å². The van der Waals surface area contributed by atoms with Gasteiger partial charge in [0.05, 0.1) is 18.3 Å². The zero-order valence-electron chi connectivity index (χ0n) is 20.4. The molecule has 4 rings (SSSR count). The second-order valence-corrected chi connectivity index (χ2v) is 11.5. The topological polar surface area (TPSA) is 52.9 Å². The highest BCUT2D eigenvalue weighted by Crippen LogP contribution is 2.59. The summed E-state index contributed by atoms with van der Waals surface area (Å²) in [6.45, 7) is 4.70. The molecule has 2 N–H and O–H groups in total. The highest BCUT2D eigenvalue weighted by Gasteiger charge is 2.50. The lowest BCUT2D eigenvalue weighted by atomic mass is 9.61. The Kier molecular flexibility index (Phi) is 8.31. The monoisotopic (exact) mass is 467 g/mol. The Balaban J connectivity index is 1.34. The molecule has 3 aliphatic carbocycles. The van der Waals surface area contributed by atoms with E-state index in [1.54, 1.807) is 5.57 Å². The fourth-order valence-corrected chi connectivity index (χ4v) is 7.59. The van der Waals surface area contributed by atoms with Crippen LogP contribution in [0.15, 0.2) is 23.3 Å². The molecule has 0 amide bonds. The van der Waals surface area contributed by atoms with E-state index in [-0.39, 0.29) is 6.10 Å². The van der Waals surface area contributed by atoms with E-state index in [9.17, 15) is 19.0 Å². The molecule has 4 fully saturated rings. The normalized spacial score (nSPS) is 39.9. The molecule has 6 heteroatoms. The Morgan fingerprint density at radius 3 is 2.64 bits per heavy atom. The molecule has 188 valence electrons. The molecule has 0 aromatic carbocycles. The number of aliphatic hydroxyl groups is 2. The summed E-state index contributed by atoms with van der Waals surface area (Å²) in [4.78, 5) is 2.30. The van der Waals surface area contributed by atoms with E-state index >= 15 is 0 Å². The summed E-state index contributed by atoms with van der Waals surface area (Å²) >= 11 is 0. The number of hydrogen-bond acceptors (Lipinski definition) is 4. The lowest BCUT2D eigenvalue weighted by molar-refractivity contribution is -0.158. The molecular weight excluding hydrogens is 424 g/mol. The quantitative estimate of drug-likeness (QED) is 0.533.